The van der Waals surface area contributed by atoms with Gasteiger partial charge in [-0.3, -0.25) is 9.98 Å². The maximum Gasteiger partial charge on any atom is 0.138 e. The summed E-state index contributed by atoms with van der Waals surface area (Å²) in [5.41, 5.74) is 3.42. The Kier molecular flexibility index (Phi) is 3.52. The summed E-state index contributed by atoms with van der Waals surface area (Å²) in [6.07, 6.45) is 7.00. The van der Waals surface area contributed by atoms with E-state index in [2.05, 4.69) is 58.5 Å². The number of benzene rings is 1. The fourth-order valence-electron chi connectivity index (χ4n) is 3.84. The van der Waals surface area contributed by atoms with Crippen molar-refractivity contribution in [1.82, 2.24) is 9.88 Å². The molecule has 2 aromatic rings. The molecule has 1 aromatic carbocycles. The van der Waals surface area contributed by atoms with Gasteiger partial charge in [-0.2, -0.15) is 0 Å². The molecule has 0 amide bonds. The molecule has 4 nitrogen and oxygen atoms in total. The van der Waals surface area contributed by atoms with Gasteiger partial charge in [0, 0.05) is 42.3 Å². The summed E-state index contributed by atoms with van der Waals surface area (Å²) >= 11 is 0. The first kappa shape index (κ1) is 14.2. The van der Waals surface area contributed by atoms with Crippen LogP contribution in [0.4, 0.5) is 5.69 Å². The van der Waals surface area contributed by atoms with Crippen LogP contribution in [0.3, 0.4) is 0 Å². The lowest BCUT2D eigenvalue weighted by Crippen LogP contribution is -2.59. The molecule has 2 aliphatic rings. The number of rotatable bonds is 3. The van der Waals surface area contributed by atoms with Gasteiger partial charge in [-0.1, -0.05) is 25.5 Å². The van der Waals surface area contributed by atoms with Gasteiger partial charge in [-0.25, -0.2) is 0 Å². The highest BCUT2D eigenvalue weighted by Crippen LogP contribution is 2.42. The van der Waals surface area contributed by atoms with E-state index >= 15 is 0 Å². The maximum absolute atomic E-state index is 4.88. The van der Waals surface area contributed by atoms with Gasteiger partial charge in [0.2, 0.25) is 0 Å². The summed E-state index contributed by atoms with van der Waals surface area (Å²) in [4.78, 5) is 11.6. The molecule has 0 radical (unpaired) electrons. The Balaban J connectivity index is 1.93. The molecule has 1 unspecified atom stereocenters. The molecule has 3 heterocycles. The third-order valence-corrected chi connectivity index (χ3v) is 4.80. The Hall–Kier alpha value is -2.36. The quantitative estimate of drug-likeness (QED) is 0.941. The van der Waals surface area contributed by atoms with E-state index in [-0.39, 0.29) is 5.66 Å². The van der Waals surface area contributed by atoms with Crippen molar-refractivity contribution >= 4 is 11.5 Å². The Morgan fingerprint density at radius 3 is 2.83 bits per heavy atom. The van der Waals surface area contributed by atoms with E-state index < -0.39 is 0 Å². The lowest BCUT2D eigenvalue weighted by atomic mass is 9.88. The normalized spacial score (nSPS) is 22.7. The van der Waals surface area contributed by atoms with Crippen LogP contribution >= 0.6 is 0 Å². The van der Waals surface area contributed by atoms with Crippen LogP contribution in [0.5, 0.6) is 0 Å². The van der Waals surface area contributed by atoms with Gasteiger partial charge in [0.25, 0.3) is 0 Å². The van der Waals surface area contributed by atoms with Crippen molar-refractivity contribution in [3.8, 4) is 0 Å². The van der Waals surface area contributed by atoms with Crippen molar-refractivity contribution in [2.45, 2.75) is 31.8 Å². The molecule has 1 aromatic heterocycles. The minimum absolute atomic E-state index is 0.231. The number of aliphatic imine (C=N–C) groups is 1. The minimum Gasteiger partial charge on any atom is -0.358 e. The second-order valence-corrected chi connectivity index (χ2v) is 6.23. The van der Waals surface area contributed by atoms with Crippen molar-refractivity contribution in [3.05, 3.63) is 59.9 Å². The van der Waals surface area contributed by atoms with Crippen molar-refractivity contribution in [2.24, 2.45) is 4.99 Å². The third-order valence-electron chi connectivity index (χ3n) is 4.80. The number of nitrogens with zero attached hydrogens (tertiary/aromatic N) is 3. The highest BCUT2D eigenvalue weighted by molar-refractivity contribution is 6.06. The molecular formula is C19H22N4. The van der Waals surface area contributed by atoms with Gasteiger partial charge in [-0.05, 0) is 37.1 Å². The van der Waals surface area contributed by atoms with E-state index in [0.717, 1.165) is 38.2 Å². The first-order chi connectivity index (χ1) is 11.3. The topological polar surface area (TPSA) is 40.5 Å². The summed E-state index contributed by atoms with van der Waals surface area (Å²) in [6.45, 7) is 4.19. The van der Waals surface area contributed by atoms with E-state index in [1.54, 1.807) is 0 Å². The van der Waals surface area contributed by atoms with Crippen LogP contribution in [0, 0.1) is 0 Å². The Morgan fingerprint density at radius 1 is 1.17 bits per heavy atom. The Bertz CT molecular complexity index is 725. The molecule has 0 aliphatic carbocycles. The van der Waals surface area contributed by atoms with Gasteiger partial charge >= 0.3 is 0 Å². The molecule has 23 heavy (non-hydrogen) atoms. The molecule has 0 bridgehead atoms. The number of anilines is 1. The average molecular weight is 306 g/mol. The molecule has 4 heteroatoms. The van der Waals surface area contributed by atoms with Crippen LogP contribution in [-0.4, -0.2) is 28.8 Å². The van der Waals surface area contributed by atoms with Gasteiger partial charge in [-0.15, -0.1) is 0 Å². The average Bonchev–Trinajstić information content (AvgIpc) is 2.63. The lowest BCUT2D eigenvalue weighted by molar-refractivity contribution is 0.175. The Labute approximate surface area is 137 Å². The second-order valence-electron chi connectivity index (χ2n) is 6.23. The number of para-hydroxylation sites is 1. The Morgan fingerprint density at radius 2 is 2.00 bits per heavy atom. The number of hydrogen-bond donors (Lipinski definition) is 1. The van der Waals surface area contributed by atoms with Crippen molar-refractivity contribution in [2.75, 3.05) is 18.4 Å². The summed E-state index contributed by atoms with van der Waals surface area (Å²) in [6, 6.07) is 12.8. The molecule has 0 saturated heterocycles. The highest BCUT2D eigenvalue weighted by atomic mass is 15.4. The maximum atomic E-state index is 4.88. The summed E-state index contributed by atoms with van der Waals surface area (Å²) in [7, 11) is 0. The van der Waals surface area contributed by atoms with Gasteiger partial charge in [0.05, 0.1) is 0 Å². The van der Waals surface area contributed by atoms with Crippen LogP contribution in [0.15, 0.2) is 53.8 Å². The van der Waals surface area contributed by atoms with E-state index in [0.29, 0.717) is 0 Å². The van der Waals surface area contributed by atoms with Gasteiger partial charge in [0.1, 0.15) is 11.5 Å². The minimum atomic E-state index is -0.231. The molecular weight excluding hydrogens is 284 g/mol. The molecule has 2 aliphatic heterocycles. The zero-order valence-electron chi connectivity index (χ0n) is 13.5. The SMILES string of the molecule is CCCC1(c2ccncc2)Nc2ccccc2C2=NCCCN21. The molecule has 118 valence electrons. The third kappa shape index (κ3) is 2.21. The standard InChI is InChI=1S/C19H22N4/c1-2-10-19(15-8-12-20-13-9-15)22-17-7-4-3-6-16(17)18-21-11-5-14-23(18)19/h3-4,6-9,12-13,22H,2,5,10-11,14H2,1H3. The van der Waals surface area contributed by atoms with E-state index in [4.69, 9.17) is 4.99 Å². The fraction of sp³-hybridized carbons (Fsp3) is 0.368. The van der Waals surface area contributed by atoms with Crippen LogP contribution < -0.4 is 5.32 Å². The lowest BCUT2D eigenvalue weighted by Gasteiger charge is -2.52. The van der Waals surface area contributed by atoms with E-state index in [9.17, 15) is 0 Å². The van der Waals surface area contributed by atoms with Crippen LogP contribution in [0.25, 0.3) is 0 Å². The number of fused-ring (bicyclic) bond motifs is 3. The fourth-order valence-corrected chi connectivity index (χ4v) is 3.84. The molecule has 1 N–H and O–H groups in total. The van der Waals surface area contributed by atoms with Crippen LogP contribution in [0.1, 0.15) is 37.3 Å². The zero-order valence-corrected chi connectivity index (χ0v) is 13.5. The predicted molar refractivity (Wildman–Crippen MR) is 93.6 cm³/mol. The first-order valence-electron chi connectivity index (χ1n) is 8.45. The molecule has 0 spiro atoms. The molecule has 4 rings (SSSR count). The number of aromatic nitrogens is 1. The van der Waals surface area contributed by atoms with E-state index in [1.165, 1.54) is 16.8 Å². The summed E-state index contributed by atoms with van der Waals surface area (Å²) < 4.78 is 0. The van der Waals surface area contributed by atoms with Gasteiger partial charge in [0.15, 0.2) is 0 Å². The first-order valence-corrected chi connectivity index (χ1v) is 8.45. The zero-order chi connectivity index (χ0) is 15.7. The van der Waals surface area contributed by atoms with Crippen molar-refractivity contribution in [1.29, 1.82) is 0 Å². The number of nitrogens with one attached hydrogen (secondary N) is 1. The molecule has 0 fully saturated rings. The molecule has 0 saturated carbocycles. The number of amidine groups is 1. The van der Waals surface area contributed by atoms with Crippen LogP contribution in [0.2, 0.25) is 0 Å². The largest absolute Gasteiger partial charge is 0.358 e. The summed E-state index contributed by atoms with van der Waals surface area (Å²) in [5, 5.41) is 3.84. The van der Waals surface area contributed by atoms with E-state index in [1.807, 2.05) is 12.4 Å². The second kappa shape index (κ2) is 5.69. The van der Waals surface area contributed by atoms with Crippen LogP contribution in [-0.2, 0) is 5.66 Å². The number of hydrogen-bond acceptors (Lipinski definition) is 4. The monoisotopic (exact) mass is 306 g/mol. The highest BCUT2D eigenvalue weighted by Gasteiger charge is 2.44. The molecule has 1 atom stereocenters. The van der Waals surface area contributed by atoms with Gasteiger partial charge < -0.3 is 10.2 Å². The van der Waals surface area contributed by atoms with Crippen molar-refractivity contribution in [3.63, 3.8) is 0 Å². The smallest absolute Gasteiger partial charge is 0.138 e. The number of pyridine rings is 1. The predicted octanol–water partition coefficient (Wildman–Crippen LogP) is 3.61. The summed E-state index contributed by atoms with van der Waals surface area (Å²) in [5.74, 6) is 1.14. The van der Waals surface area contributed by atoms with Crippen molar-refractivity contribution < 1.29 is 0 Å².